The molecule has 4 nitrogen and oxygen atoms in total. The minimum Gasteiger partial charge on any atom is -0.493 e. The highest BCUT2D eigenvalue weighted by Gasteiger charge is 2.37. The maximum Gasteiger partial charge on any atom is 0.434 e. The Kier molecular flexibility index (Phi) is 4.42. The van der Waals surface area contributed by atoms with E-state index in [1.165, 1.54) is 6.07 Å². The third-order valence-electron chi connectivity index (χ3n) is 3.91. The number of para-hydroxylation sites is 1. The van der Waals surface area contributed by atoms with Gasteiger partial charge in [0.15, 0.2) is 5.69 Å². The average molecular weight is 336 g/mol. The number of rotatable bonds is 3. The topological polar surface area (TPSA) is 51.2 Å². The van der Waals surface area contributed by atoms with Crippen LogP contribution in [0.3, 0.4) is 0 Å². The number of benzene rings is 1. The normalized spacial score (nSPS) is 16.9. The molecule has 0 fully saturated rings. The molecular weight excluding hydrogens is 321 g/mol. The monoisotopic (exact) mass is 336 g/mol. The Morgan fingerprint density at radius 1 is 1.25 bits per heavy atom. The molecular formula is C17H15F3N2O2. The van der Waals surface area contributed by atoms with E-state index in [9.17, 15) is 18.0 Å². The molecule has 0 aliphatic carbocycles. The molecule has 1 aliphatic heterocycles. The van der Waals surface area contributed by atoms with Gasteiger partial charge in [-0.2, -0.15) is 13.2 Å². The Hall–Kier alpha value is -2.57. The predicted molar refractivity (Wildman–Crippen MR) is 80.9 cm³/mol. The molecule has 1 aromatic carbocycles. The minimum absolute atomic E-state index is 0.00454. The lowest BCUT2D eigenvalue weighted by molar-refractivity contribution is -0.141. The van der Waals surface area contributed by atoms with Crippen LogP contribution in [0.25, 0.3) is 0 Å². The standard InChI is InChI=1S/C17H15F3N2O2/c18-17(19,20)15-13(5-3-8-21-15)16(23)22-10-11-7-9-24-14-6-2-1-4-12(11)14/h1-6,8,11H,7,9-10H2,(H,22,23)/t11-/m0/s1. The number of amides is 1. The zero-order valence-corrected chi connectivity index (χ0v) is 12.6. The van der Waals surface area contributed by atoms with Crippen molar-refractivity contribution in [3.63, 3.8) is 0 Å². The lowest BCUT2D eigenvalue weighted by atomic mass is 9.93. The molecule has 1 aliphatic rings. The highest BCUT2D eigenvalue weighted by Crippen LogP contribution is 2.33. The van der Waals surface area contributed by atoms with Crippen molar-refractivity contribution in [2.24, 2.45) is 0 Å². The van der Waals surface area contributed by atoms with Crippen molar-refractivity contribution in [3.8, 4) is 5.75 Å². The Morgan fingerprint density at radius 3 is 2.83 bits per heavy atom. The number of hydrogen-bond donors (Lipinski definition) is 1. The van der Waals surface area contributed by atoms with Crippen molar-refractivity contribution in [3.05, 3.63) is 59.4 Å². The van der Waals surface area contributed by atoms with Gasteiger partial charge in [-0.15, -0.1) is 0 Å². The number of aromatic nitrogens is 1. The molecule has 1 atom stereocenters. The van der Waals surface area contributed by atoms with Gasteiger partial charge in [0.05, 0.1) is 12.2 Å². The van der Waals surface area contributed by atoms with Crippen LogP contribution in [0.2, 0.25) is 0 Å². The Morgan fingerprint density at radius 2 is 2.04 bits per heavy atom. The molecule has 126 valence electrons. The van der Waals surface area contributed by atoms with Crippen LogP contribution in [0.1, 0.15) is 34.0 Å². The van der Waals surface area contributed by atoms with Gasteiger partial charge in [-0.05, 0) is 30.2 Å². The van der Waals surface area contributed by atoms with Gasteiger partial charge in [0.2, 0.25) is 0 Å². The minimum atomic E-state index is -4.67. The van der Waals surface area contributed by atoms with Crippen molar-refractivity contribution in [1.82, 2.24) is 10.3 Å². The second-order valence-electron chi connectivity index (χ2n) is 5.48. The van der Waals surface area contributed by atoms with E-state index in [1.54, 1.807) is 0 Å². The van der Waals surface area contributed by atoms with Crippen LogP contribution < -0.4 is 10.1 Å². The fraction of sp³-hybridized carbons (Fsp3) is 0.294. The third-order valence-corrected chi connectivity index (χ3v) is 3.91. The van der Waals surface area contributed by atoms with Crippen molar-refractivity contribution >= 4 is 5.91 Å². The van der Waals surface area contributed by atoms with Crippen LogP contribution >= 0.6 is 0 Å². The third kappa shape index (κ3) is 3.34. The molecule has 2 heterocycles. The molecule has 1 amide bonds. The van der Waals surface area contributed by atoms with E-state index in [1.807, 2.05) is 24.3 Å². The van der Waals surface area contributed by atoms with Gasteiger partial charge in [-0.1, -0.05) is 18.2 Å². The molecule has 0 bridgehead atoms. The number of fused-ring (bicyclic) bond motifs is 1. The first-order valence-electron chi connectivity index (χ1n) is 7.49. The molecule has 7 heteroatoms. The number of carbonyl (C=O) groups excluding carboxylic acids is 1. The highest BCUT2D eigenvalue weighted by molar-refractivity contribution is 5.95. The Labute approximate surface area is 136 Å². The van der Waals surface area contributed by atoms with Crippen LogP contribution in [0.15, 0.2) is 42.6 Å². The first-order chi connectivity index (χ1) is 11.5. The zero-order chi connectivity index (χ0) is 17.2. The molecule has 1 N–H and O–H groups in total. The van der Waals surface area contributed by atoms with Crippen LogP contribution in [-0.2, 0) is 6.18 Å². The summed E-state index contributed by atoms with van der Waals surface area (Å²) in [6, 6.07) is 9.90. The summed E-state index contributed by atoms with van der Waals surface area (Å²) in [5.41, 5.74) is -0.688. The predicted octanol–water partition coefficient (Wildman–Crippen LogP) is 3.40. The quantitative estimate of drug-likeness (QED) is 0.935. The number of nitrogens with zero attached hydrogens (tertiary/aromatic N) is 1. The van der Waals surface area contributed by atoms with Crippen molar-refractivity contribution in [2.45, 2.75) is 18.5 Å². The number of alkyl halides is 3. The first kappa shape index (κ1) is 16.3. The smallest absolute Gasteiger partial charge is 0.434 e. The Balaban J connectivity index is 1.74. The first-order valence-corrected chi connectivity index (χ1v) is 7.49. The second kappa shape index (κ2) is 6.51. The van der Waals surface area contributed by atoms with E-state index in [4.69, 9.17) is 4.74 Å². The van der Waals surface area contributed by atoms with Crippen LogP contribution in [-0.4, -0.2) is 24.0 Å². The summed E-state index contributed by atoms with van der Waals surface area (Å²) in [6.07, 6.45) is -2.95. The number of hydrogen-bond acceptors (Lipinski definition) is 3. The van der Waals surface area contributed by atoms with Crippen molar-refractivity contribution in [1.29, 1.82) is 0 Å². The molecule has 1 aromatic heterocycles. The zero-order valence-electron chi connectivity index (χ0n) is 12.6. The van der Waals surface area contributed by atoms with Gasteiger partial charge in [-0.3, -0.25) is 9.78 Å². The summed E-state index contributed by atoms with van der Waals surface area (Å²) >= 11 is 0. The number of nitrogens with one attached hydrogen (secondary N) is 1. The number of pyridine rings is 1. The molecule has 0 saturated carbocycles. The fourth-order valence-corrected chi connectivity index (χ4v) is 2.75. The van der Waals surface area contributed by atoms with E-state index in [-0.39, 0.29) is 12.5 Å². The average Bonchev–Trinajstić information content (AvgIpc) is 2.59. The van der Waals surface area contributed by atoms with Crippen molar-refractivity contribution in [2.75, 3.05) is 13.2 Å². The largest absolute Gasteiger partial charge is 0.493 e. The van der Waals surface area contributed by atoms with Gasteiger partial charge in [0, 0.05) is 18.7 Å². The van der Waals surface area contributed by atoms with Crippen LogP contribution in [0.4, 0.5) is 13.2 Å². The summed E-state index contributed by atoms with van der Waals surface area (Å²) in [4.78, 5) is 15.5. The lowest BCUT2D eigenvalue weighted by Crippen LogP contribution is -2.32. The maximum atomic E-state index is 12.9. The fourth-order valence-electron chi connectivity index (χ4n) is 2.75. The summed E-state index contributed by atoms with van der Waals surface area (Å²) < 4.78 is 44.4. The van der Waals surface area contributed by atoms with E-state index in [2.05, 4.69) is 10.3 Å². The van der Waals surface area contributed by atoms with Gasteiger partial charge >= 0.3 is 6.18 Å². The molecule has 0 radical (unpaired) electrons. The molecule has 0 unspecified atom stereocenters. The summed E-state index contributed by atoms with van der Waals surface area (Å²) in [5, 5.41) is 2.59. The van der Waals surface area contributed by atoms with E-state index in [0.717, 1.165) is 23.6 Å². The summed E-state index contributed by atoms with van der Waals surface area (Å²) in [6.45, 7) is 0.754. The maximum absolute atomic E-state index is 12.9. The van der Waals surface area contributed by atoms with Gasteiger partial charge in [-0.25, -0.2) is 0 Å². The van der Waals surface area contributed by atoms with E-state index >= 15 is 0 Å². The molecule has 3 rings (SSSR count). The van der Waals surface area contributed by atoms with Crippen LogP contribution in [0.5, 0.6) is 5.75 Å². The van der Waals surface area contributed by atoms with Crippen molar-refractivity contribution < 1.29 is 22.7 Å². The SMILES string of the molecule is O=C(NC[C@@H]1CCOc2ccccc21)c1cccnc1C(F)(F)F. The number of ether oxygens (including phenoxy) is 1. The van der Waals surface area contributed by atoms with Gasteiger partial charge in [0.1, 0.15) is 5.75 Å². The lowest BCUT2D eigenvalue weighted by Gasteiger charge is -2.26. The summed E-state index contributed by atoms with van der Waals surface area (Å²) in [7, 11) is 0. The molecule has 0 spiro atoms. The molecule has 2 aromatic rings. The van der Waals surface area contributed by atoms with Gasteiger partial charge < -0.3 is 10.1 Å². The van der Waals surface area contributed by atoms with E-state index in [0.29, 0.717) is 13.0 Å². The molecule has 0 saturated heterocycles. The Bertz CT molecular complexity index is 747. The molecule has 24 heavy (non-hydrogen) atoms. The van der Waals surface area contributed by atoms with E-state index < -0.39 is 23.3 Å². The summed E-state index contributed by atoms with van der Waals surface area (Å²) in [5.74, 6) is -0.0235. The number of halogens is 3. The van der Waals surface area contributed by atoms with Gasteiger partial charge in [0.25, 0.3) is 5.91 Å². The second-order valence-corrected chi connectivity index (χ2v) is 5.48. The van der Waals surface area contributed by atoms with Crippen LogP contribution in [0, 0.1) is 0 Å². The number of carbonyl (C=O) groups is 1. The highest BCUT2D eigenvalue weighted by atomic mass is 19.4.